The van der Waals surface area contributed by atoms with Gasteiger partial charge >= 0.3 is 0 Å². The van der Waals surface area contributed by atoms with Gasteiger partial charge in [0.15, 0.2) is 0 Å². The van der Waals surface area contributed by atoms with E-state index in [1.165, 1.54) is 0 Å². The Morgan fingerprint density at radius 3 is 2.58 bits per heavy atom. The first kappa shape index (κ1) is 18.1. The summed E-state index contributed by atoms with van der Waals surface area (Å²) in [5, 5.41) is 7.40. The Bertz CT molecular complexity index is 848. The van der Waals surface area contributed by atoms with E-state index in [1.54, 1.807) is 16.8 Å². The number of aromatic nitrogens is 3. The molecule has 0 radical (unpaired) electrons. The number of imide groups is 1. The third-order valence-electron chi connectivity index (χ3n) is 4.05. The monoisotopic (exact) mass is 375 g/mol. The summed E-state index contributed by atoms with van der Waals surface area (Å²) in [6.07, 6.45) is 1.04. The van der Waals surface area contributed by atoms with Crippen LogP contribution in [-0.4, -0.2) is 50.5 Å². The summed E-state index contributed by atoms with van der Waals surface area (Å²) in [6, 6.07) is 7.17. The van der Waals surface area contributed by atoms with Gasteiger partial charge in [-0.2, -0.15) is 0 Å². The summed E-state index contributed by atoms with van der Waals surface area (Å²) in [5.74, 6) is -0.268. The molecule has 0 spiro atoms. The Morgan fingerprint density at radius 1 is 1.23 bits per heavy atom. The van der Waals surface area contributed by atoms with Crippen molar-refractivity contribution < 1.29 is 14.4 Å². The zero-order valence-electron chi connectivity index (χ0n) is 14.2. The van der Waals surface area contributed by atoms with E-state index < -0.39 is 5.91 Å². The topological polar surface area (TPSA) is 97.2 Å². The van der Waals surface area contributed by atoms with Crippen LogP contribution in [0.25, 0.3) is 5.69 Å². The second-order valence-corrected chi connectivity index (χ2v) is 6.17. The van der Waals surface area contributed by atoms with Crippen molar-refractivity contribution in [2.24, 2.45) is 0 Å². The van der Waals surface area contributed by atoms with Gasteiger partial charge in [-0.1, -0.05) is 30.7 Å². The Hall–Kier alpha value is -2.74. The number of nitrogens with one attached hydrogen (secondary N) is 1. The van der Waals surface area contributed by atoms with Gasteiger partial charge in [0.2, 0.25) is 17.6 Å². The van der Waals surface area contributed by atoms with E-state index in [0.29, 0.717) is 23.0 Å². The summed E-state index contributed by atoms with van der Waals surface area (Å²) >= 11 is 6.20. The van der Waals surface area contributed by atoms with Crippen LogP contribution in [0.1, 0.15) is 36.2 Å². The maximum Gasteiger partial charge on any atom is 0.291 e. The first-order valence-corrected chi connectivity index (χ1v) is 8.71. The summed E-state index contributed by atoms with van der Waals surface area (Å²) in [7, 11) is 0. The van der Waals surface area contributed by atoms with Gasteiger partial charge in [-0.3, -0.25) is 19.3 Å². The van der Waals surface area contributed by atoms with Crippen molar-refractivity contribution in [3.63, 3.8) is 0 Å². The van der Waals surface area contributed by atoms with Gasteiger partial charge in [-0.15, -0.1) is 5.10 Å². The van der Waals surface area contributed by atoms with E-state index in [-0.39, 0.29) is 43.6 Å². The number of nitrogens with zero attached hydrogens (tertiary/aromatic N) is 4. The standard InChI is InChI=1S/C17H18ClN5O3/c1-2-13-20-16(21-23(13)12-6-4-3-5-11(12)18)17(26)19-9-10-22-14(24)7-8-15(22)25/h3-6H,2,7-10H2,1H3,(H,19,26). The Morgan fingerprint density at radius 2 is 1.92 bits per heavy atom. The van der Waals surface area contributed by atoms with Crippen LogP contribution in [-0.2, 0) is 16.0 Å². The predicted molar refractivity (Wildman–Crippen MR) is 94.0 cm³/mol. The fourth-order valence-electron chi connectivity index (χ4n) is 2.72. The number of benzene rings is 1. The Kier molecular flexibility index (Phi) is 5.32. The lowest BCUT2D eigenvalue weighted by Crippen LogP contribution is -2.38. The van der Waals surface area contributed by atoms with Crippen LogP contribution in [0, 0.1) is 0 Å². The number of amides is 3. The van der Waals surface area contributed by atoms with E-state index in [1.807, 2.05) is 19.1 Å². The SMILES string of the molecule is CCc1nc(C(=O)NCCN2C(=O)CCC2=O)nn1-c1ccccc1Cl. The molecule has 2 aromatic rings. The van der Waals surface area contributed by atoms with Gasteiger partial charge in [-0.25, -0.2) is 9.67 Å². The molecule has 136 valence electrons. The number of hydrogen-bond donors (Lipinski definition) is 1. The molecular formula is C17H18ClN5O3. The van der Waals surface area contributed by atoms with Crippen LogP contribution >= 0.6 is 11.6 Å². The van der Waals surface area contributed by atoms with Crippen LogP contribution in [0.4, 0.5) is 0 Å². The van der Waals surface area contributed by atoms with E-state index in [9.17, 15) is 14.4 Å². The third-order valence-corrected chi connectivity index (χ3v) is 4.37. The largest absolute Gasteiger partial charge is 0.347 e. The highest BCUT2D eigenvalue weighted by molar-refractivity contribution is 6.32. The average Bonchev–Trinajstić information content (AvgIpc) is 3.20. The number of halogens is 1. The minimum absolute atomic E-state index is 0.0147. The number of likely N-dealkylation sites (tertiary alicyclic amines) is 1. The highest BCUT2D eigenvalue weighted by Crippen LogP contribution is 2.20. The summed E-state index contributed by atoms with van der Waals surface area (Å²) in [5.41, 5.74) is 0.644. The lowest BCUT2D eigenvalue weighted by Gasteiger charge is -2.13. The molecule has 1 aromatic carbocycles. The molecule has 0 aliphatic carbocycles. The zero-order valence-corrected chi connectivity index (χ0v) is 15.0. The second-order valence-electron chi connectivity index (χ2n) is 5.76. The smallest absolute Gasteiger partial charge is 0.291 e. The molecule has 9 heteroatoms. The van der Waals surface area contributed by atoms with Gasteiger partial charge in [0.1, 0.15) is 5.82 Å². The molecule has 0 saturated carbocycles. The summed E-state index contributed by atoms with van der Waals surface area (Å²) in [4.78, 5) is 40.8. The summed E-state index contributed by atoms with van der Waals surface area (Å²) < 4.78 is 1.55. The molecule has 2 heterocycles. The van der Waals surface area contributed by atoms with Crippen LogP contribution in [0.2, 0.25) is 5.02 Å². The van der Waals surface area contributed by atoms with Gasteiger partial charge < -0.3 is 5.32 Å². The minimum atomic E-state index is -0.468. The van der Waals surface area contributed by atoms with E-state index >= 15 is 0 Å². The number of carbonyl (C=O) groups is 3. The van der Waals surface area contributed by atoms with Crippen molar-refractivity contribution in [1.82, 2.24) is 25.0 Å². The number of aryl methyl sites for hydroxylation is 1. The van der Waals surface area contributed by atoms with Crippen LogP contribution in [0.15, 0.2) is 24.3 Å². The van der Waals surface area contributed by atoms with Crippen molar-refractivity contribution in [3.8, 4) is 5.69 Å². The number of rotatable bonds is 6. The zero-order chi connectivity index (χ0) is 18.7. The lowest BCUT2D eigenvalue weighted by atomic mass is 10.3. The fraction of sp³-hybridized carbons (Fsp3) is 0.353. The van der Waals surface area contributed by atoms with Gasteiger partial charge in [0, 0.05) is 32.4 Å². The number of carbonyl (C=O) groups excluding carboxylic acids is 3. The normalized spacial score (nSPS) is 14.2. The molecule has 0 atom stereocenters. The molecule has 1 N–H and O–H groups in total. The van der Waals surface area contributed by atoms with Crippen molar-refractivity contribution in [2.75, 3.05) is 13.1 Å². The third kappa shape index (κ3) is 3.60. The molecule has 1 fully saturated rings. The quantitative estimate of drug-likeness (QED) is 0.769. The Balaban J connectivity index is 1.69. The number of hydrogen-bond acceptors (Lipinski definition) is 5. The highest BCUT2D eigenvalue weighted by atomic mass is 35.5. The van der Waals surface area contributed by atoms with Gasteiger partial charge in [0.25, 0.3) is 5.91 Å². The number of para-hydroxylation sites is 1. The molecule has 0 unspecified atom stereocenters. The highest BCUT2D eigenvalue weighted by Gasteiger charge is 2.28. The summed E-state index contributed by atoms with van der Waals surface area (Å²) in [6.45, 7) is 2.21. The first-order chi connectivity index (χ1) is 12.5. The molecular weight excluding hydrogens is 358 g/mol. The van der Waals surface area contributed by atoms with Crippen LogP contribution in [0.3, 0.4) is 0 Å². The second kappa shape index (κ2) is 7.65. The average molecular weight is 376 g/mol. The van der Waals surface area contributed by atoms with Gasteiger partial charge in [0.05, 0.1) is 10.7 Å². The molecule has 1 saturated heterocycles. The van der Waals surface area contributed by atoms with E-state index in [0.717, 1.165) is 4.90 Å². The van der Waals surface area contributed by atoms with E-state index in [2.05, 4.69) is 15.4 Å². The van der Waals surface area contributed by atoms with Crippen molar-refractivity contribution in [1.29, 1.82) is 0 Å². The van der Waals surface area contributed by atoms with Crippen LogP contribution in [0.5, 0.6) is 0 Å². The molecule has 0 bridgehead atoms. The molecule has 26 heavy (non-hydrogen) atoms. The molecule has 1 aromatic heterocycles. The van der Waals surface area contributed by atoms with Crippen molar-refractivity contribution in [3.05, 3.63) is 40.9 Å². The molecule has 1 aliphatic heterocycles. The maximum absolute atomic E-state index is 12.3. The fourth-order valence-corrected chi connectivity index (χ4v) is 2.93. The maximum atomic E-state index is 12.3. The lowest BCUT2D eigenvalue weighted by molar-refractivity contribution is -0.138. The Labute approximate surface area is 155 Å². The molecule has 3 rings (SSSR count). The molecule has 1 aliphatic rings. The van der Waals surface area contributed by atoms with Crippen molar-refractivity contribution >= 4 is 29.3 Å². The van der Waals surface area contributed by atoms with E-state index in [4.69, 9.17) is 11.6 Å². The molecule has 8 nitrogen and oxygen atoms in total. The van der Waals surface area contributed by atoms with Crippen LogP contribution < -0.4 is 5.32 Å². The molecule has 3 amide bonds. The minimum Gasteiger partial charge on any atom is -0.347 e. The predicted octanol–water partition coefficient (Wildman–Crippen LogP) is 1.36. The van der Waals surface area contributed by atoms with Gasteiger partial charge in [-0.05, 0) is 12.1 Å². The first-order valence-electron chi connectivity index (χ1n) is 8.33. The van der Waals surface area contributed by atoms with Crippen molar-refractivity contribution in [2.45, 2.75) is 26.2 Å².